The maximum absolute atomic E-state index is 12.6. The SMILES string of the molecule is O=S(=O)(NCCC1=CCCCC1)c1ccc(S(=O)(=O)N2CCOCC2)cc1. The summed E-state index contributed by atoms with van der Waals surface area (Å²) in [5.74, 6) is 0. The second kappa shape index (κ2) is 8.83. The van der Waals surface area contributed by atoms with Crippen molar-refractivity contribution in [2.75, 3.05) is 32.8 Å². The summed E-state index contributed by atoms with van der Waals surface area (Å²) in [7, 11) is -7.28. The summed E-state index contributed by atoms with van der Waals surface area (Å²) < 4.78 is 59.2. The van der Waals surface area contributed by atoms with Gasteiger partial charge in [-0.05, 0) is 56.4 Å². The molecule has 1 aromatic carbocycles. The molecule has 0 radical (unpaired) electrons. The lowest BCUT2D eigenvalue weighted by atomic mass is 9.97. The summed E-state index contributed by atoms with van der Waals surface area (Å²) >= 11 is 0. The Balaban J connectivity index is 1.63. The Morgan fingerprint density at radius 3 is 2.26 bits per heavy atom. The van der Waals surface area contributed by atoms with E-state index in [4.69, 9.17) is 4.74 Å². The average Bonchev–Trinajstić information content (AvgIpc) is 2.69. The van der Waals surface area contributed by atoms with Gasteiger partial charge < -0.3 is 4.74 Å². The van der Waals surface area contributed by atoms with Gasteiger partial charge in [-0.15, -0.1) is 0 Å². The second-order valence-corrected chi connectivity index (χ2v) is 10.4. The van der Waals surface area contributed by atoms with E-state index in [1.165, 1.54) is 40.6 Å². The molecule has 3 rings (SSSR count). The molecule has 0 unspecified atom stereocenters. The van der Waals surface area contributed by atoms with Crippen LogP contribution in [-0.2, 0) is 24.8 Å². The van der Waals surface area contributed by atoms with E-state index in [-0.39, 0.29) is 9.79 Å². The number of ether oxygens (including phenoxy) is 1. The van der Waals surface area contributed by atoms with E-state index in [0.29, 0.717) is 39.3 Å². The fraction of sp³-hybridized carbons (Fsp3) is 0.556. The van der Waals surface area contributed by atoms with Crippen molar-refractivity contribution in [2.45, 2.75) is 41.9 Å². The lowest BCUT2D eigenvalue weighted by molar-refractivity contribution is 0.0730. The lowest BCUT2D eigenvalue weighted by Gasteiger charge is -2.26. The molecule has 0 amide bonds. The maximum Gasteiger partial charge on any atom is 0.243 e. The van der Waals surface area contributed by atoms with Gasteiger partial charge in [-0.3, -0.25) is 0 Å². The van der Waals surface area contributed by atoms with Gasteiger partial charge in [0, 0.05) is 19.6 Å². The molecule has 0 spiro atoms. The van der Waals surface area contributed by atoms with Gasteiger partial charge in [0.05, 0.1) is 23.0 Å². The highest BCUT2D eigenvalue weighted by Crippen LogP contribution is 2.21. The van der Waals surface area contributed by atoms with Crippen molar-refractivity contribution in [3.05, 3.63) is 35.9 Å². The molecule has 0 aromatic heterocycles. The number of nitrogens with one attached hydrogen (secondary N) is 1. The monoisotopic (exact) mass is 414 g/mol. The number of hydrogen-bond acceptors (Lipinski definition) is 5. The van der Waals surface area contributed by atoms with Crippen molar-refractivity contribution in [2.24, 2.45) is 0 Å². The van der Waals surface area contributed by atoms with E-state index >= 15 is 0 Å². The molecule has 150 valence electrons. The summed E-state index contributed by atoms with van der Waals surface area (Å²) in [6.07, 6.45) is 7.38. The summed E-state index contributed by atoms with van der Waals surface area (Å²) in [6.45, 7) is 1.69. The number of benzene rings is 1. The van der Waals surface area contributed by atoms with Crippen LogP contribution in [0, 0.1) is 0 Å². The quantitative estimate of drug-likeness (QED) is 0.688. The molecule has 2 aliphatic rings. The minimum atomic E-state index is -3.65. The molecule has 7 nitrogen and oxygen atoms in total. The highest BCUT2D eigenvalue weighted by Gasteiger charge is 2.26. The van der Waals surface area contributed by atoms with Gasteiger partial charge in [0.15, 0.2) is 0 Å². The molecule has 1 saturated heterocycles. The Bertz CT molecular complexity index is 871. The Labute approximate surface area is 161 Å². The van der Waals surface area contributed by atoms with Crippen molar-refractivity contribution in [1.29, 1.82) is 0 Å². The van der Waals surface area contributed by atoms with Crippen molar-refractivity contribution in [1.82, 2.24) is 9.03 Å². The van der Waals surface area contributed by atoms with Gasteiger partial charge >= 0.3 is 0 Å². The molecule has 0 saturated carbocycles. The molecule has 1 aromatic rings. The summed E-state index contributed by atoms with van der Waals surface area (Å²) in [6, 6.07) is 5.39. The number of rotatable bonds is 7. The summed E-state index contributed by atoms with van der Waals surface area (Å²) in [4.78, 5) is 0.164. The fourth-order valence-electron chi connectivity index (χ4n) is 3.29. The molecule has 1 fully saturated rings. The number of nitrogens with zero attached hydrogens (tertiary/aromatic N) is 1. The zero-order chi connectivity index (χ0) is 19.3. The van der Waals surface area contributed by atoms with Gasteiger partial charge in [0.1, 0.15) is 0 Å². The first kappa shape index (κ1) is 20.5. The average molecular weight is 415 g/mol. The zero-order valence-corrected chi connectivity index (χ0v) is 16.9. The Hall–Kier alpha value is -1.26. The van der Waals surface area contributed by atoms with Crippen molar-refractivity contribution < 1.29 is 21.6 Å². The lowest BCUT2D eigenvalue weighted by Crippen LogP contribution is -2.40. The molecule has 27 heavy (non-hydrogen) atoms. The van der Waals surface area contributed by atoms with Crippen molar-refractivity contribution >= 4 is 20.0 Å². The summed E-state index contributed by atoms with van der Waals surface area (Å²) in [5.41, 5.74) is 1.30. The number of morpholine rings is 1. The zero-order valence-electron chi connectivity index (χ0n) is 15.3. The smallest absolute Gasteiger partial charge is 0.243 e. The first-order valence-corrected chi connectivity index (χ1v) is 12.2. The predicted molar refractivity (Wildman–Crippen MR) is 102 cm³/mol. The van der Waals surface area contributed by atoms with Crippen LogP contribution < -0.4 is 4.72 Å². The predicted octanol–water partition coefficient (Wildman–Crippen LogP) is 1.88. The first-order valence-electron chi connectivity index (χ1n) is 9.25. The number of allylic oxidation sites excluding steroid dienone is 1. The third kappa shape index (κ3) is 5.17. The molecule has 1 aliphatic carbocycles. The van der Waals surface area contributed by atoms with E-state index < -0.39 is 20.0 Å². The van der Waals surface area contributed by atoms with Crippen molar-refractivity contribution in [3.63, 3.8) is 0 Å². The molecular weight excluding hydrogens is 388 g/mol. The molecule has 1 N–H and O–H groups in total. The van der Waals surface area contributed by atoms with Crippen LogP contribution in [0.15, 0.2) is 45.7 Å². The van der Waals surface area contributed by atoms with E-state index in [1.54, 1.807) is 0 Å². The highest BCUT2D eigenvalue weighted by molar-refractivity contribution is 7.89. The van der Waals surface area contributed by atoms with Gasteiger partial charge in [0.2, 0.25) is 20.0 Å². The van der Waals surface area contributed by atoms with Gasteiger partial charge in [0.25, 0.3) is 0 Å². The van der Waals surface area contributed by atoms with Crippen LogP contribution >= 0.6 is 0 Å². The molecule has 9 heteroatoms. The molecule has 0 bridgehead atoms. The van der Waals surface area contributed by atoms with Crippen LogP contribution in [0.25, 0.3) is 0 Å². The Morgan fingerprint density at radius 2 is 1.63 bits per heavy atom. The Morgan fingerprint density at radius 1 is 0.963 bits per heavy atom. The van der Waals surface area contributed by atoms with Crippen LogP contribution in [0.2, 0.25) is 0 Å². The van der Waals surface area contributed by atoms with E-state index in [0.717, 1.165) is 19.3 Å². The normalized spacial score (nSPS) is 19.6. The van der Waals surface area contributed by atoms with Crippen LogP contribution in [0.1, 0.15) is 32.1 Å². The maximum atomic E-state index is 12.6. The van der Waals surface area contributed by atoms with Crippen LogP contribution in [0.4, 0.5) is 0 Å². The summed E-state index contributed by atoms with van der Waals surface area (Å²) in [5, 5.41) is 0. The van der Waals surface area contributed by atoms with E-state index in [9.17, 15) is 16.8 Å². The number of sulfonamides is 2. The third-order valence-corrected chi connectivity index (χ3v) is 8.25. The topological polar surface area (TPSA) is 92.8 Å². The fourth-order valence-corrected chi connectivity index (χ4v) is 5.73. The van der Waals surface area contributed by atoms with Crippen LogP contribution in [0.5, 0.6) is 0 Å². The van der Waals surface area contributed by atoms with Crippen LogP contribution in [0.3, 0.4) is 0 Å². The van der Waals surface area contributed by atoms with Crippen LogP contribution in [-0.4, -0.2) is 54.0 Å². The largest absolute Gasteiger partial charge is 0.379 e. The van der Waals surface area contributed by atoms with E-state index in [1.807, 2.05) is 0 Å². The molecule has 1 aliphatic heterocycles. The minimum Gasteiger partial charge on any atom is -0.379 e. The first-order chi connectivity index (χ1) is 12.9. The highest BCUT2D eigenvalue weighted by atomic mass is 32.2. The number of hydrogen-bond donors (Lipinski definition) is 1. The molecular formula is C18H26N2O5S2. The van der Waals surface area contributed by atoms with Gasteiger partial charge in [-0.2, -0.15) is 4.31 Å². The van der Waals surface area contributed by atoms with E-state index in [2.05, 4.69) is 10.8 Å². The van der Waals surface area contributed by atoms with Gasteiger partial charge in [-0.1, -0.05) is 11.6 Å². The minimum absolute atomic E-state index is 0.0704. The standard InChI is InChI=1S/C18H26N2O5S2/c21-26(22,19-11-10-16-4-2-1-3-5-16)17-6-8-18(9-7-17)27(23,24)20-12-14-25-15-13-20/h4,6-9,19H,1-3,5,10-15H2. The van der Waals surface area contributed by atoms with Gasteiger partial charge in [-0.25, -0.2) is 21.6 Å². The second-order valence-electron chi connectivity index (χ2n) is 6.74. The Kier molecular flexibility index (Phi) is 6.69. The third-order valence-electron chi connectivity index (χ3n) is 4.87. The molecule has 1 heterocycles. The van der Waals surface area contributed by atoms with Crippen molar-refractivity contribution in [3.8, 4) is 0 Å². The molecule has 0 atom stereocenters.